The summed E-state index contributed by atoms with van der Waals surface area (Å²) in [5.41, 5.74) is 5.68. The van der Waals surface area contributed by atoms with E-state index in [-0.39, 0.29) is 0 Å². The van der Waals surface area contributed by atoms with Gasteiger partial charge >= 0.3 is 0 Å². The third-order valence-electron chi connectivity index (χ3n) is 3.67. The minimum atomic E-state index is 0.555. The van der Waals surface area contributed by atoms with E-state index in [0.717, 1.165) is 30.7 Å². The van der Waals surface area contributed by atoms with Crippen molar-refractivity contribution < 1.29 is 0 Å². The zero-order chi connectivity index (χ0) is 11.1. The topological polar surface area (TPSA) is 58.3 Å². The summed E-state index contributed by atoms with van der Waals surface area (Å²) in [7, 11) is 2.20. The van der Waals surface area contributed by atoms with Crippen LogP contribution >= 0.6 is 0 Å². The Hall–Kier alpha value is -1.36. The Kier molecular flexibility index (Phi) is 2.21. The molecule has 5 nitrogen and oxygen atoms in total. The standard InChI is InChI=1S/C11H17N5/c1-15-3-8-5-16(6-9(8)4-15)11-2-10(12)13-7-14-11/h2,7-9H,3-6H2,1H3,(H2,12,13,14). The maximum absolute atomic E-state index is 5.68. The smallest absolute Gasteiger partial charge is 0.134 e. The van der Waals surface area contributed by atoms with Crippen LogP contribution < -0.4 is 10.6 Å². The molecule has 86 valence electrons. The van der Waals surface area contributed by atoms with E-state index in [0.29, 0.717) is 5.82 Å². The van der Waals surface area contributed by atoms with E-state index in [1.54, 1.807) is 6.33 Å². The summed E-state index contributed by atoms with van der Waals surface area (Å²) in [6.07, 6.45) is 1.55. The zero-order valence-corrected chi connectivity index (χ0v) is 9.50. The molecule has 5 heteroatoms. The quantitative estimate of drug-likeness (QED) is 0.723. The molecule has 2 atom stereocenters. The first-order valence-electron chi connectivity index (χ1n) is 5.73. The maximum atomic E-state index is 5.68. The molecule has 2 aliphatic heterocycles. The number of rotatable bonds is 1. The van der Waals surface area contributed by atoms with Crippen molar-refractivity contribution in [1.29, 1.82) is 0 Å². The molecule has 3 heterocycles. The highest BCUT2D eigenvalue weighted by Gasteiger charge is 2.38. The lowest BCUT2D eigenvalue weighted by molar-refractivity contribution is 0.387. The molecule has 2 aliphatic rings. The van der Waals surface area contributed by atoms with Crippen molar-refractivity contribution in [3.05, 3.63) is 12.4 Å². The Morgan fingerprint density at radius 1 is 1.19 bits per heavy atom. The van der Waals surface area contributed by atoms with Crippen LogP contribution in [0, 0.1) is 11.8 Å². The third-order valence-corrected chi connectivity index (χ3v) is 3.67. The van der Waals surface area contributed by atoms with Gasteiger partial charge in [-0.3, -0.25) is 0 Å². The minimum Gasteiger partial charge on any atom is -0.384 e. The molecule has 0 saturated carbocycles. The molecule has 2 fully saturated rings. The van der Waals surface area contributed by atoms with Crippen LogP contribution in [0.1, 0.15) is 0 Å². The van der Waals surface area contributed by atoms with Gasteiger partial charge in [-0.25, -0.2) is 9.97 Å². The number of likely N-dealkylation sites (tertiary alicyclic amines) is 1. The highest BCUT2D eigenvalue weighted by Crippen LogP contribution is 2.32. The SMILES string of the molecule is CN1CC2CN(c3cc(N)ncn3)CC2C1. The molecule has 16 heavy (non-hydrogen) atoms. The van der Waals surface area contributed by atoms with Crippen LogP contribution in [0.2, 0.25) is 0 Å². The first kappa shape index (κ1) is 9.84. The van der Waals surface area contributed by atoms with Gasteiger partial charge in [0.1, 0.15) is 18.0 Å². The number of anilines is 2. The van der Waals surface area contributed by atoms with Gasteiger partial charge in [-0.1, -0.05) is 0 Å². The summed E-state index contributed by atoms with van der Waals surface area (Å²) in [5, 5.41) is 0. The summed E-state index contributed by atoms with van der Waals surface area (Å²) >= 11 is 0. The summed E-state index contributed by atoms with van der Waals surface area (Å²) in [4.78, 5) is 13.0. The van der Waals surface area contributed by atoms with Gasteiger partial charge in [0.25, 0.3) is 0 Å². The number of aromatic nitrogens is 2. The molecule has 0 amide bonds. The third kappa shape index (κ3) is 1.61. The van der Waals surface area contributed by atoms with Crippen LogP contribution in [0.3, 0.4) is 0 Å². The predicted octanol–water partition coefficient (Wildman–Crippen LogP) is 0.0566. The van der Waals surface area contributed by atoms with Crippen LogP contribution in [0.25, 0.3) is 0 Å². The van der Waals surface area contributed by atoms with Gasteiger partial charge in [0.2, 0.25) is 0 Å². The van der Waals surface area contributed by atoms with Gasteiger partial charge in [-0.15, -0.1) is 0 Å². The Bertz CT molecular complexity index is 380. The van der Waals surface area contributed by atoms with E-state index in [1.807, 2.05) is 6.07 Å². The Morgan fingerprint density at radius 3 is 2.50 bits per heavy atom. The molecule has 0 aromatic carbocycles. The van der Waals surface area contributed by atoms with Crippen molar-refractivity contribution in [2.24, 2.45) is 11.8 Å². The second kappa shape index (κ2) is 3.59. The fourth-order valence-electron chi connectivity index (χ4n) is 2.95. The van der Waals surface area contributed by atoms with Crippen LogP contribution in [0.4, 0.5) is 11.6 Å². The summed E-state index contributed by atoms with van der Waals surface area (Å²) in [5.74, 6) is 3.12. The molecule has 0 bridgehead atoms. The van der Waals surface area contributed by atoms with Crippen molar-refractivity contribution in [2.45, 2.75) is 0 Å². The Morgan fingerprint density at radius 2 is 1.88 bits per heavy atom. The van der Waals surface area contributed by atoms with E-state index < -0.39 is 0 Å². The first-order chi connectivity index (χ1) is 7.72. The number of nitrogens with two attached hydrogens (primary N) is 1. The lowest BCUT2D eigenvalue weighted by atomic mass is 10.0. The van der Waals surface area contributed by atoms with Gasteiger partial charge in [0, 0.05) is 32.2 Å². The summed E-state index contributed by atoms with van der Waals surface area (Å²) < 4.78 is 0. The molecule has 0 radical (unpaired) electrons. The van der Waals surface area contributed by atoms with Gasteiger partial charge in [-0.05, 0) is 18.9 Å². The number of nitrogen functional groups attached to an aromatic ring is 1. The van der Waals surface area contributed by atoms with Crippen molar-refractivity contribution in [2.75, 3.05) is 43.9 Å². The fourth-order valence-corrected chi connectivity index (χ4v) is 2.95. The predicted molar refractivity (Wildman–Crippen MR) is 63.1 cm³/mol. The number of hydrogen-bond acceptors (Lipinski definition) is 5. The summed E-state index contributed by atoms with van der Waals surface area (Å²) in [6.45, 7) is 4.63. The number of hydrogen-bond donors (Lipinski definition) is 1. The molecular formula is C11H17N5. The van der Waals surface area contributed by atoms with Crippen molar-refractivity contribution in [1.82, 2.24) is 14.9 Å². The minimum absolute atomic E-state index is 0.555. The summed E-state index contributed by atoms with van der Waals surface area (Å²) in [6, 6.07) is 1.87. The second-order valence-corrected chi connectivity index (χ2v) is 4.95. The average molecular weight is 219 g/mol. The molecule has 2 unspecified atom stereocenters. The first-order valence-corrected chi connectivity index (χ1v) is 5.73. The van der Waals surface area contributed by atoms with Gasteiger partial charge in [0.05, 0.1) is 0 Å². The van der Waals surface area contributed by atoms with Gasteiger partial charge < -0.3 is 15.5 Å². The van der Waals surface area contributed by atoms with Crippen molar-refractivity contribution in [3.63, 3.8) is 0 Å². The molecule has 3 rings (SSSR count). The van der Waals surface area contributed by atoms with Crippen LogP contribution in [0.5, 0.6) is 0 Å². The van der Waals surface area contributed by atoms with E-state index in [2.05, 4.69) is 26.8 Å². The normalized spacial score (nSPS) is 29.7. The van der Waals surface area contributed by atoms with E-state index in [1.165, 1.54) is 13.1 Å². The monoisotopic (exact) mass is 219 g/mol. The van der Waals surface area contributed by atoms with E-state index in [4.69, 9.17) is 5.73 Å². The second-order valence-electron chi connectivity index (χ2n) is 4.95. The molecule has 1 aromatic heterocycles. The van der Waals surface area contributed by atoms with E-state index >= 15 is 0 Å². The Balaban J connectivity index is 1.75. The molecule has 0 aliphatic carbocycles. The lowest BCUT2D eigenvalue weighted by Gasteiger charge is -2.20. The molecule has 1 aromatic rings. The largest absolute Gasteiger partial charge is 0.384 e. The zero-order valence-electron chi connectivity index (χ0n) is 9.50. The van der Waals surface area contributed by atoms with Crippen molar-refractivity contribution >= 4 is 11.6 Å². The lowest BCUT2D eigenvalue weighted by Crippen LogP contribution is -2.27. The highest BCUT2D eigenvalue weighted by atomic mass is 15.3. The average Bonchev–Trinajstić information content (AvgIpc) is 2.74. The molecule has 2 N–H and O–H groups in total. The van der Waals surface area contributed by atoms with Crippen LogP contribution in [-0.4, -0.2) is 48.1 Å². The van der Waals surface area contributed by atoms with E-state index in [9.17, 15) is 0 Å². The maximum Gasteiger partial charge on any atom is 0.134 e. The van der Waals surface area contributed by atoms with Crippen LogP contribution in [-0.2, 0) is 0 Å². The van der Waals surface area contributed by atoms with Crippen LogP contribution in [0.15, 0.2) is 12.4 Å². The highest BCUT2D eigenvalue weighted by molar-refractivity contribution is 5.47. The number of fused-ring (bicyclic) bond motifs is 1. The van der Waals surface area contributed by atoms with Gasteiger partial charge in [-0.2, -0.15) is 0 Å². The van der Waals surface area contributed by atoms with Crippen molar-refractivity contribution in [3.8, 4) is 0 Å². The molecular weight excluding hydrogens is 202 g/mol. The number of nitrogens with zero attached hydrogens (tertiary/aromatic N) is 4. The Labute approximate surface area is 95.3 Å². The molecule has 0 spiro atoms. The fraction of sp³-hybridized carbons (Fsp3) is 0.636. The molecule has 2 saturated heterocycles. The van der Waals surface area contributed by atoms with Gasteiger partial charge in [0.15, 0.2) is 0 Å².